The Bertz CT molecular complexity index is 2380. The summed E-state index contributed by atoms with van der Waals surface area (Å²) in [6, 6.07) is 16.8. The van der Waals surface area contributed by atoms with Gasteiger partial charge in [-0.15, -0.1) is 34.0 Å². The summed E-state index contributed by atoms with van der Waals surface area (Å²) < 4.78 is 24.4. The Kier molecular flexibility index (Phi) is 20.5. The minimum atomic E-state index is 0.738. The maximum atomic E-state index is 7.04. The minimum absolute atomic E-state index is 0.738. The molecule has 0 saturated heterocycles. The van der Waals surface area contributed by atoms with E-state index in [9.17, 15) is 0 Å². The van der Waals surface area contributed by atoms with Crippen molar-refractivity contribution in [3.8, 4) is 26.3 Å². The summed E-state index contributed by atoms with van der Waals surface area (Å²) in [5.41, 5.74) is 0. The van der Waals surface area contributed by atoms with E-state index >= 15 is 0 Å². The topological polar surface area (TPSA) is 27.7 Å². The molecule has 0 spiro atoms. The van der Waals surface area contributed by atoms with Crippen molar-refractivity contribution in [1.82, 2.24) is 0 Å². The Morgan fingerprint density at radius 3 is 1.28 bits per heavy atom. The first kappa shape index (κ1) is 50.0. The lowest BCUT2D eigenvalue weighted by molar-refractivity contribution is 0.306. The molecule has 0 radical (unpaired) electrons. The van der Waals surface area contributed by atoms with Crippen LogP contribution in [0, 0.1) is 13.8 Å². The van der Waals surface area contributed by atoms with Gasteiger partial charge in [0.25, 0.3) is 0 Å². The van der Waals surface area contributed by atoms with Crippen LogP contribution < -0.4 is 14.2 Å². The van der Waals surface area contributed by atoms with Gasteiger partial charge in [0.15, 0.2) is 5.06 Å². The van der Waals surface area contributed by atoms with Crippen LogP contribution in [0.25, 0.3) is 61.6 Å². The van der Waals surface area contributed by atoms with Crippen LogP contribution in [0.5, 0.6) is 16.6 Å². The van der Waals surface area contributed by atoms with E-state index in [2.05, 4.69) is 77.1 Å². The van der Waals surface area contributed by atoms with E-state index in [0.717, 1.165) is 55.6 Å². The van der Waals surface area contributed by atoms with Gasteiger partial charge >= 0.3 is 0 Å². The molecule has 0 aliphatic rings. The summed E-state index contributed by atoms with van der Waals surface area (Å²) in [6.45, 7) is 13.7. The Morgan fingerprint density at radius 2 is 0.785 bits per heavy atom. The molecular formula is C58H80O3S4. The lowest BCUT2D eigenvalue weighted by Gasteiger charge is -2.19. The molecule has 4 heterocycles. The third kappa shape index (κ3) is 13.9. The monoisotopic (exact) mass is 952 g/mol. The highest BCUT2D eigenvalue weighted by Crippen LogP contribution is 2.51. The number of hydrogen-bond donors (Lipinski definition) is 0. The molecule has 0 saturated carbocycles. The maximum absolute atomic E-state index is 7.04. The van der Waals surface area contributed by atoms with Crippen molar-refractivity contribution in [3.63, 3.8) is 0 Å². The van der Waals surface area contributed by atoms with Gasteiger partial charge in [-0.3, -0.25) is 0 Å². The first-order valence-electron chi connectivity index (χ1n) is 26.3. The molecule has 7 heteroatoms. The molecule has 0 unspecified atom stereocenters. The number of aryl methyl sites for hydroxylation is 2. The maximum Gasteiger partial charge on any atom is 0.175 e. The predicted octanol–water partition coefficient (Wildman–Crippen LogP) is 21.3. The van der Waals surface area contributed by atoms with E-state index < -0.39 is 0 Å². The van der Waals surface area contributed by atoms with E-state index in [1.165, 1.54) is 219 Å². The van der Waals surface area contributed by atoms with Crippen LogP contribution in [0.4, 0.5) is 0 Å². The molecular weight excluding hydrogens is 873 g/mol. The Morgan fingerprint density at radius 1 is 0.369 bits per heavy atom. The van der Waals surface area contributed by atoms with Gasteiger partial charge in [0, 0.05) is 57.0 Å². The second-order valence-electron chi connectivity index (χ2n) is 19.0. The van der Waals surface area contributed by atoms with Crippen molar-refractivity contribution in [2.45, 2.75) is 202 Å². The fourth-order valence-corrected chi connectivity index (χ4v) is 14.1. The first-order valence-corrected chi connectivity index (χ1v) is 29.5. The largest absolute Gasteiger partial charge is 0.492 e. The molecule has 0 fully saturated rings. The van der Waals surface area contributed by atoms with Crippen LogP contribution in [0.3, 0.4) is 0 Å². The molecule has 3 aromatic carbocycles. The second-order valence-corrected chi connectivity index (χ2v) is 23.6. The highest BCUT2D eigenvalue weighted by Gasteiger charge is 2.22. The Labute approximate surface area is 408 Å². The number of rotatable bonds is 33. The average Bonchev–Trinajstić information content (AvgIpc) is 4.09. The zero-order valence-corrected chi connectivity index (χ0v) is 44.2. The van der Waals surface area contributed by atoms with Crippen molar-refractivity contribution in [2.75, 3.05) is 19.8 Å². The highest BCUT2D eigenvalue weighted by atomic mass is 32.1. The van der Waals surface area contributed by atoms with Gasteiger partial charge in [0.1, 0.15) is 11.5 Å². The molecule has 0 atom stereocenters. The van der Waals surface area contributed by atoms with E-state index in [1.54, 1.807) is 0 Å². The van der Waals surface area contributed by atoms with E-state index in [4.69, 9.17) is 14.2 Å². The van der Waals surface area contributed by atoms with Crippen LogP contribution in [0.15, 0.2) is 42.5 Å². The van der Waals surface area contributed by atoms with Crippen molar-refractivity contribution in [2.24, 2.45) is 0 Å². The molecule has 7 rings (SSSR count). The molecule has 0 N–H and O–H groups in total. The van der Waals surface area contributed by atoms with Crippen molar-refractivity contribution < 1.29 is 14.2 Å². The molecule has 3 nitrogen and oxygen atoms in total. The van der Waals surface area contributed by atoms with Crippen LogP contribution in [-0.2, 0) is 0 Å². The van der Waals surface area contributed by atoms with E-state index in [1.807, 2.05) is 45.3 Å². The summed E-state index contributed by atoms with van der Waals surface area (Å²) in [7, 11) is 0. The summed E-state index contributed by atoms with van der Waals surface area (Å²) >= 11 is 7.56. The molecule has 7 aromatic rings. The van der Waals surface area contributed by atoms with Crippen LogP contribution in [-0.4, -0.2) is 19.8 Å². The molecule has 354 valence electrons. The standard InChI is InChI=1S/C58H80O3S4/c1-6-9-12-15-18-20-22-24-27-30-33-60-55-46-36-44-35-42(4)62-51(44)39-48(46)56(61-34-31-28-25-23-21-19-16-13-10-7-2)47-37-45-38-53(64-52(45)40-49(47)55)58-50-41-54(65-57(50)43(5)63-58)59-32-29-26-17-14-11-8-3/h35-41H,6-34H2,1-5H3. The van der Waals surface area contributed by atoms with Gasteiger partial charge in [-0.05, 0) is 80.3 Å². The fraction of sp³-hybridized carbons (Fsp3) is 0.586. The fourth-order valence-electron chi connectivity index (χ4n) is 9.66. The van der Waals surface area contributed by atoms with Gasteiger partial charge in [0.2, 0.25) is 0 Å². The highest BCUT2D eigenvalue weighted by molar-refractivity contribution is 7.30. The SMILES string of the molecule is CCCCCCCCCCCCOc1c2cc3cc(-c4sc(C)c5sc(OCCCCCCCC)cc45)sc3cc2c(OCCCCCCCCCCCC)c2cc3cc(C)sc3cc12. The zero-order valence-electron chi connectivity index (χ0n) is 40.9. The van der Waals surface area contributed by atoms with E-state index in [0.29, 0.717) is 0 Å². The van der Waals surface area contributed by atoms with Crippen LogP contribution in [0.2, 0.25) is 0 Å². The van der Waals surface area contributed by atoms with Crippen LogP contribution in [0.1, 0.15) is 197 Å². The molecule has 0 bridgehead atoms. The molecule has 0 amide bonds. The molecule has 0 aliphatic carbocycles. The first-order chi connectivity index (χ1) is 32.0. The summed E-state index contributed by atoms with van der Waals surface area (Å²) in [4.78, 5) is 5.42. The van der Waals surface area contributed by atoms with Gasteiger partial charge < -0.3 is 14.2 Å². The Balaban J connectivity index is 1.15. The van der Waals surface area contributed by atoms with Crippen LogP contribution >= 0.6 is 45.3 Å². The number of fused-ring (bicyclic) bond motifs is 5. The van der Waals surface area contributed by atoms with Crippen molar-refractivity contribution in [1.29, 1.82) is 0 Å². The lowest BCUT2D eigenvalue weighted by Crippen LogP contribution is -2.02. The second kappa shape index (κ2) is 26.6. The minimum Gasteiger partial charge on any atom is -0.492 e. The van der Waals surface area contributed by atoms with Gasteiger partial charge in [-0.25, -0.2) is 0 Å². The lowest BCUT2D eigenvalue weighted by atomic mass is 9.98. The third-order valence-corrected chi connectivity index (χ3v) is 18.1. The number of hydrogen-bond acceptors (Lipinski definition) is 7. The van der Waals surface area contributed by atoms with Crippen molar-refractivity contribution >= 4 is 97.2 Å². The summed E-state index contributed by atoms with van der Waals surface area (Å²) in [6.07, 6.45) is 34.1. The van der Waals surface area contributed by atoms with Gasteiger partial charge in [0.05, 0.1) is 29.4 Å². The summed E-state index contributed by atoms with van der Waals surface area (Å²) in [5, 5.41) is 9.72. The molecule has 0 aliphatic heterocycles. The smallest absolute Gasteiger partial charge is 0.175 e. The molecule has 65 heavy (non-hydrogen) atoms. The molecule has 4 aromatic heterocycles. The third-order valence-electron chi connectivity index (χ3n) is 13.4. The number of benzene rings is 3. The predicted molar refractivity (Wildman–Crippen MR) is 294 cm³/mol. The number of ether oxygens (including phenoxy) is 3. The Hall–Kier alpha value is -2.84. The number of thiophene rings is 4. The quantitative estimate of drug-likeness (QED) is 0.0303. The van der Waals surface area contributed by atoms with E-state index in [-0.39, 0.29) is 0 Å². The summed E-state index contributed by atoms with van der Waals surface area (Å²) in [5.74, 6) is 2.05. The number of unbranched alkanes of at least 4 members (excludes halogenated alkanes) is 23. The zero-order chi connectivity index (χ0) is 45.2. The van der Waals surface area contributed by atoms with Crippen molar-refractivity contribution in [3.05, 3.63) is 52.2 Å². The van der Waals surface area contributed by atoms with Gasteiger partial charge in [-0.2, -0.15) is 0 Å². The van der Waals surface area contributed by atoms with Gasteiger partial charge in [-0.1, -0.05) is 180 Å². The average molecular weight is 954 g/mol. The normalized spacial score (nSPS) is 12.0.